The average Bonchev–Trinajstić information content (AvgIpc) is 2.40. The Bertz CT molecular complexity index is 680. The summed E-state index contributed by atoms with van der Waals surface area (Å²) in [4.78, 5) is 0. The number of hydrogen-bond acceptors (Lipinski definition) is 2. The number of hydrogen-bond donors (Lipinski definition) is 2. The Morgan fingerprint density at radius 2 is 1.86 bits per heavy atom. The molecule has 3 N–H and O–H groups in total. The Morgan fingerprint density at radius 3 is 2.48 bits per heavy atom. The molecule has 0 atom stereocenters. The third-order valence-electron chi connectivity index (χ3n) is 3.33. The van der Waals surface area contributed by atoms with Crippen LogP contribution in [0.25, 0.3) is 0 Å². The highest BCUT2D eigenvalue weighted by Crippen LogP contribution is 2.32. The lowest BCUT2D eigenvalue weighted by Crippen LogP contribution is -2.12. The molecule has 3 nitrogen and oxygen atoms in total. The predicted molar refractivity (Wildman–Crippen MR) is 90.5 cm³/mol. The second-order valence-corrected chi connectivity index (χ2v) is 6.25. The topological polar surface area (TPSA) is 59.1 Å². The number of ether oxygens (including phenoxy) is 1. The van der Waals surface area contributed by atoms with Crippen LogP contribution in [-0.4, -0.2) is 5.84 Å². The van der Waals surface area contributed by atoms with Crippen molar-refractivity contribution in [3.63, 3.8) is 0 Å². The molecule has 0 radical (unpaired) electrons. The summed E-state index contributed by atoms with van der Waals surface area (Å²) in [7, 11) is 0. The quantitative estimate of drug-likeness (QED) is 0.607. The first kappa shape index (κ1) is 15.6. The number of benzene rings is 2. The largest absolute Gasteiger partial charge is 0.456 e. The van der Waals surface area contributed by atoms with Gasteiger partial charge in [0.15, 0.2) is 0 Å². The standard InChI is InChI=1S/C17H19BrN2O/c1-10(2)12-5-4-11(3)15(8-12)21-16-9-13(18)6-7-14(16)17(19)20/h4-10H,1-3H3,(H3,19,20). The minimum Gasteiger partial charge on any atom is -0.456 e. The van der Waals surface area contributed by atoms with Gasteiger partial charge in [-0.25, -0.2) is 0 Å². The van der Waals surface area contributed by atoms with Crippen LogP contribution < -0.4 is 10.5 Å². The molecule has 0 unspecified atom stereocenters. The zero-order chi connectivity index (χ0) is 15.6. The number of nitrogens with two attached hydrogens (primary N) is 1. The molecule has 2 aromatic rings. The molecule has 0 amide bonds. The van der Waals surface area contributed by atoms with E-state index in [9.17, 15) is 0 Å². The molecule has 0 spiro atoms. The van der Waals surface area contributed by atoms with Crippen LogP contribution in [0, 0.1) is 12.3 Å². The molecular weight excluding hydrogens is 328 g/mol. The maximum atomic E-state index is 7.66. The zero-order valence-electron chi connectivity index (χ0n) is 12.4. The summed E-state index contributed by atoms with van der Waals surface area (Å²) >= 11 is 3.42. The van der Waals surface area contributed by atoms with E-state index in [2.05, 4.69) is 41.9 Å². The Morgan fingerprint density at radius 1 is 1.14 bits per heavy atom. The van der Waals surface area contributed by atoms with E-state index >= 15 is 0 Å². The van der Waals surface area contributed by atoms with E-state index in [1.165, 1.54) is 5.56 Å². The average molecular weight is 347 g/mol. The smallest absolute Gasteiger partial charge is 0.139 e. The van der Waals surface area contributed by atoms with Crippen LogP contribution in [0.3, 0.4) is 0 Å². The summed E-state index contributed by atoms with van der Waals surface area (Å²) in [6.45, 7) is 6.30. The highest BCUT2D eigenvalue weighted by molar-refractivity contribution is 9.10. The number of amidine groups is 1. The maximum absolute atomic E-state index is 7.66. The van der Waals surface area contributed by atoms with Crippen LogP contribution in [0.1, 0.15) is 36.5 Å². The van der Waals surface area contributed by atoms with Gasteiger partial charge in [-0.15, -0.1) is 0 Å². The van der Waals surface area contributed by atoms with Gasteiger partial charge in [0.2, 0.25) is 0 Å². The van der Waals surface area contributed by atoms with Crippen molar-refractivity contribution in [3.8, 4) is 11.5 Å². The van der Waals surface area contributed by atoms with Gasteiger partial charge in [-0.3, -0.25) is 5.41 Å². The van der Waals surface area contributed by atoms with Crippen molar-refractivity contribution < 1.29 is 4.74 Å². The molecule has 0 saturated heterocycles. The first-order chi connectivity index (χ1) is 9.88. The van der Waals surface area contributed by atoms with Gasteiger partial charge >= 0.3 is 0 Å². The third-order valence-corrected chi connectivity index (χ3v) is 3.83. The molecule has 0 bridgehead atoms. The van der Waals surface area contributed by atoms with Crippen LogP contribution in [0.5, 0.6) is 11.5 Å². The Labute approximate surface area is 133 Å². The molecule has 2 aromatic carbocycles. The number of nitrogen functional groups attached to an aromatic ring is 1. The van der Waals surface area contributed by atoms with Crippen molar-refractivity contribution in [2.75, 3.05) is 0 Å². The summed E-state index contributed by atoms with van der Waals surface area (Å²) < 4.78 is 6.91. The fraction of sp³-hybridized carbons (Fsp3) is 0.235. The molecule has 0 aromatic heterocycles. The summed E-state index contributed by atoms with van der Waals surface area (Å²) in [5, 5.41) is 7.66. The van der Waals surface area contributed by atoms with Crippen LogP contribution in [0.2, 0.25) is 0 Å². The van der Waals surface area contributed by atoms with Gasteiger partial charge in [-0.2, -0.15) is 0 Å². The molecule has 0 saturated carbocycles. The molecule has 0 fully saturated rings. The summed E-state index contributed by atoms with van der Waals surface area (Å²) in [6, 6.07) is 11.7. The molecule has 21 heavy (non-hydrogen) atoms. The highest BCUT2D eigenvalue weighted by Gasteiger charge is 2.11. The monoisotopic (exact) mass is 346 g/mol. The first-order valence-corrected chi connectivity index (χ1v) is 7.60. The van der Waals surface area contributed by atoms with Gasteiger partial charge in [-0.1, -0.05) is 41.9 Å². The number of nitrogens with one attached hydrogen (secondary N) is 1. The second kappa shape index (κ2) is 6.31. The summed E-state index contributed by atoms with van der Waals surface area (Å²) in [5.74, 6) is 1.81. The van der Waals surface area contributed by atoms with Crippen molar-refractivity contribution in [2.45, 2.75) is 26.7 Å². The van der Waals surface area contributed by atoms with Crippen LogP contribution >= 0.6 is 15.9 Å². The molecule has 2 rings (SSSR count). The van der Waals surface area contributed by atoms with E-state index in [1.54, 1.807) is 6.07 Å². The van der Waals surface area contributed by atoms with Crippen molar-refractivity contribution in [2.24, 2.45) is 5.73 Å². The first-order valence-electron chi connectivity index (χ1n) is 6.81. The highest BCUT2D eigenvalue weighted by atomic mass is 79.9. The zero-order valence-corrected chi connectivity index (χ0v) is 14.0. The normalized spacial score (nSPS) is 10.7. The molecule has 0 aliphatic carbocycles. The van der Waals surface area contributed by atoms with E-state index in [4.69, 9.17) is 15.9 Å². The lowest BCUT2D eigenvalue weighted by atomic mass is 10.0. The third kappa shape index (κ3) is 3.64. The molecule has 0 aliphatic rings. The Kier molecular flexibility index (Phi) is 4.68. The van der Waals surface area contributed by atoms with Gasteiger partial charge in [0.25, 0.3) is 0 Å². The van der Waals surface area contributed by atoms with E-state index in [1.807, 2.05) is 25.1 Å². The van der Waals surface area contributed by atoms with Crippen molar-refractivity contribution in [1.29, 1.82) is 5.41 Å². The van der Waals surface area contributed by atoms with Gasteiger partial charge in [0.05, 0.1) is 5.56 Å². The van der Waals surface area contributed by atoms with Gasteiger partial charge in [0, 0.05) is 4.47 Å². The number of halogens is 1. The molecule has 110 valence electrons. The van der Waals surface area contributed by atoms with E-state index in [0.717, 1.165) is 15.8 Å². The Hall–Kier alpha value is -1.81. The minimum atomic E-state index is -0.00447. The summed E-state index contributed by atoms with van der Waals surface area (Å²) in [5.41, 5.74) is 8.48. The predicted octanol–water partition coefficient (Wildman–Crippen LogP) is 4.96. The number of aryl methyl sites for hydroxylation is 1. The SMILES string of the molecule is Cc1ccc(C(C)C)cc1Oc1cc(Br)ccc1C(=N)N. The fourth-order valence-corrected chi connectivity index (χ4v) is 2.35. The van der Waals surface area contributed by atoms with Crippen molar-refractivity contribution in [3.05, 3.63) is 57.6 Å². The van der Waals surface area contributed by atoms with Crippen molar-refractivity contribution in [1.82, 2.24) is 0 Å². The van der Waals surface area contributed by atoms with Gasteiger partial charge in [-0.05, 0) is 48.2 Å². The van der Waals surface area contributed by atoms with E-state index < -0.39 is 0 Å². The van der Waals surface area contributed by atoms with Gasteiger partial charge in [0.1, 0.15) is 17.3 Å². The molecule has 0 heterocycles. The van der Waals surface area contributed by atoms with E-state index in [-0.39, 0.29) is 5.84 Å². The van der Waals surface area contributed by atoms with E-state index in [0.29, 0.717) is 17.2 Å². The number of rotatable bonds is 4. The summed E-state index contributed by atoms with van der Waals surface area (Å²) in [6.07, 6.45) is 0. The molecule has 4 heteroatoms. The lowest BCUT2D eigenvalue weighted by Gasteiger charge is -2.15. The Balaban J connectivity index is 2.44. The second-order valence-electron chi connectivity index (χ2n) is 5.34. The fourth-order valence-electron chi connectivity index (χ4n) is 2.01. The molecule has 0 aliphatic heterocycles. The lowest BCUT2D eigenvalue weighted by molar-refractivity contribution is 0.476. The van der Waals surface area contributed by atoms with Crippen LogP contribution in [0.15, 0.2) is 40.9 Å². The van der Waals surface area contributed by atoms with Crippen LogP contribution in [0.4, 0.5) is 0 Å². The van der Waals surface area contributed by atoms with Gasteiger partial charge < -0.3 is 10.5 Å². The van der Waals surface area contributed by atoms with Crippen LogP contribution in [-0.2, 0) is 0 Å². The maximum Gasteiger partial charge on any atom is 0.139 e. The minimum absolute atomic E-state index is 0.00447. The van der Waals surface area contributed by atoms with Crippen molar-refractivity contribution >= 4 is 21.8 Å². The molecular formula is C17H19BrN2O.